The number of nitrogens with one attached hydrogen (secondary N) is 1. The zero-order chi connectivity index (χ0) is 15.5. The summed E-state index contributed by atoms with van der Waals surface area (Å²) in [5.41, 5.74) is 2.45. The number of hydrogen-bond acceptors (Lipinski definition) is 4. The van der Waals surface area contributed by atoms with Gasteiger partial charge >= 0.3 is 0 Å². The van der Waals surface area contributed by atoms with Gasteiger partial charge in [0.1, 0.15) is 0 Å². The first kappa shape index (κ1) is 14.0. The number of carbonyl (C=O) groups is 1. The van der Waals surface area contributed by atoms with Crippen LogP contribution >= 0.6 is 0 Å². The van der Waals surface area contributed by atoms with Crippen LogP contribution in [-0.2, 0) is 0 Å². The summed E-state index contributed by atoms with van der Waals surface area (Å²) in [7, 11) is 3.96. The van der Waals surface area contributed by atoms with E-state index >= 15 is 0 Å². The maximum Gasteiger partial charge on any atom is 0.255 e. The van der Waals surface area contributed by atoms with Gasteiger partial charge in [-0.05, 0) is 36.4 Å². The van der Waals surface area contributed by atoms with Gasteiger partial charge in [-0.15, -0.1) is 0 Å². The average Bonchev–Trinajstić information content (AvgIpc) is 2.55. The second kappa shape index (κ2) is 5.81. The Balaban J connectivity index is 1.80. The van der Waals surface area contributed by atoms with Gasteiger partial charge in [0.15, 0.2) is 0 Å². The van der Waals surface area contributed by atoms with E-state index in [9.17, 15) is 4.79 Å². The molecule has 0 bridgehead atoms. The third-order valence-electron chi connectivity index (χ3n) is 3.45. The van der Waals surface area contributed by atoms with Gasteiger partial charge in [-0.2, -0.15) is 10.2 Å². The summed E-state index contributed by atoms with van der Waals surface area (Å²) >= 11 is 0. The van der Waals surface area contributed by atoms with Crippen LogP contribution in [0.5, 0.6) is 0 Å². The summed E-state index contributed by atoms with van der Waals surface area (Å²) in [6.45, 7) is 0. The molecule has 0 saturated heterocycles. The highest BCUT2D eigenvalue weighted by Gasteiger charge is 2.07. The lowest BCUT2D eigenvalue weighted by atomic mass is 10.1. The molecule has 0 fully saturated rings. The van der Waals surface area contributed by atoms with Crippen molar-refractivity contribution in [2.24, 2.45) is 0 Å². The molecule has 1 N–H and O–H groups in total. The van der Waals surface area contributed by atoms with Gasteiger partial charge in [-0.3, -0.25) is 4.79 Å². The highest BCUT2D eigenvalue weighted by atomic mass is 16.1. The zero-order valence-corrected chi connectivity index (χ0v) is 12.4. The average molecular weight is 292 g/mol. The number of amides is 1. The number of aromatic nitrogens is 2. The fourth-order valence-electron chi connectivity index (χ4n) is 2.18. The van der Waals surface area contributed by atoms with E-state index < -0.39 is 0 Å². The van der Waals surface area contributed by atoms with Gasteiger partial charge in [-0.1, -0.05) is 6.07 Å². The molecule has 0 aliphatic heterocycles. The fourth-order valence-corrected chi connectivity index (χ4v) is 2.18. The highest BCUT2D eigenvalue weighted by molar-refractivity contribution is 6.06. The Morgan fingerprint density at radius 2 is 1.64 bits per heavy atom. The molecule has 3 rings (SSSR count). The van der Waals surface area contributed by atoms with Crippen LogP contribution < -0.4 is 10.2 Å². The molecule has 110 valence electrons. The fraction of sp³-hybridized carbons (Fsp3) is 0.118. The minimum atomic E-state index is -0.142. The van der Waals surface area contributed by atoms with Crippen molar-refractivity contribution in [2.75, 3.05) is 24.3 Å². The van der Waals surface area contributed by atoms with Crippen LogP contribution in [0.15, 0.2) is 54.9 Å². The second-order valence-corrected chi connectivity index (χ2v) is 5.23. The normalized spacial score (nSPS) is 10.5. The number of rotatable bonds is 3. The highest BCUT2D eigenvalue weighted by Crippen LogP contribution is 2.18. The maximum absolute atomic E-state index is 12.3. The second-order valence-electron chi connectivity index (χ2n) is 5.23. The molecule has 1 aromatic heterocycles. The van der Waals surface area contributed by atoms with Crippen LogP contribution in [0.1, 0.15) is 10.4 Å². The van der Waals surface area contributed by atoms with E-state index in [0.717, 1.165) is 22.1 Å². The van der Waals surface area contributed by atoms with Crippen LogP contribution in [0.2, 0.25) is 0 Å². The molecule has 0 spiro atoms. The van der Waals surface area contributed by atoms with Gasteiger partial charge in [-0.25, -0.2) is 0 Å². The summed E-state index contributed by atoms with van der Waals surface area (Å²) < 4.78 is 0. The number of nitrogens with zero attached hydrogens (tertiary/aromatic N) is 3. The van der Waals surface area contributed by atoms with E-state index in [0.29, 0.717) is 5.56 Å². The molecule has 5 heteroatoms. The largest absolute Gasteiger partial charge is 0.378 e. The van der Waals surface area contributed by atoms with E-state index in [2.05, 4.69) is 15.5 Å². The third kappa shape index (κ3) is 2.88. The van der Waals surface area contributed by atoms with E-state index in [4.69, 9.17) is 0 Å². The molecule has 1 amide bonds. The Labute approximate surface area is 128 Å². The number of hydrogen-bond donors (Lipinski definition) is 1. The van der Waals surface area contributed by atoms with E-state index in [1.54, 1.807) is 18.5 Å². The lowest BCUT2D eigenvalue weighted by Crippen LogP contribution is -2.12. The summed E-state index contributed by atoms with van der Waals surface area (Å²) in [5.74, 6) is -0.142. The van der Waals surface area contributed by atoms with Crippen molar-refractivity contribution in [2.45, 2.75) is 0 Å². The first-order valence-electron chi connectivity index (χ1n) is 6.93. The molecule has 0 unspecified atom stereocenters. The molecule has 0 aliphatic rings. The molecule has 5 nitrogen and oxygen atoms in total. The van der Waals surface area contributed by atoms with E-state index in [1.807, 2.05) is 55.4 Å². The van der Waals surface area contributed by atoms with Crippen molar-refractivity contribution in [3.8, 4) is 0 Å². The zero-order valence-electron chi connectivity index (χ0n) is 12.4. The van der Waals surface area contributed by atoms with Crippen LogP contribution in [-0.4, -0.2) is 30.2 Å². The van der Waals surface area contributed by atoms with Gasteiger partial charge in [0.2, 0.25) is 0 Å². The first-order chi connectivity index (χ1) is 10.6. The van der Waals surface area contributed by atoms with Crippen molar-refractivity contribution < 1.29 is 4.79 Å². The molecule has 1 heterocycles. The SMILES string of the molecule is CN(C)c1ccc(NC(=O)c2ccc3cnncc3c2)cc1. The molecule has 22 heavy (non-hydrogen) atoms. The Kier molecular flexibility index (Phi) is 3.70. The maximum atomic E-state index is 12.3. The van der Waals surface area contributed by atoms with Gasteiger partial charge in [0.25, 0.3) is 5.91 Å². The lowest BCUT2D eigenvalue weighted by Gasteiger charge is -2.13. The quantitative estimate of drug-likeness (QED) is 0.806. The lowest BCUT2D eigenvalue weighted by molar-refractivity contribution is 0.102. The van der Waals surface area contributed by atoms with Crippen molar-refractivity contribution in [1.29, 1.82) is 0 Å². The Morgan fingerprint density at radius 1 is 0.955 bits per heavy atom. The monoisotopic (exact) mass is 292 g/mol. The standard InChI is InChI=1S/C17H16N4O/c1-21(2)16-7-5-15(6-8-16)20-17(22)12-3-4-13-10-18-19-11-14(13)9-12/h3-11H,1-2H3,(H,20,22). The Morgan fingerprint density at radius 3 is 2.32 bits per heavy atom. The molecule has 3 aromatic rings. The van der Waals surface area contributed by atoms with Crippen LogP contribution in [0.25, 0.3) is 10.8 Å². The van der Waals surface area contributed by atoms with Crippen molar-refractivity contribution in [3.05, 3.63) is 60.4 Å². The minimum absolute atomic E-state index is 0.142. The summed E-state index contributed by atoms with van der Waals surface area (Å²) in [4.78, 5) is 14.3. The third-order valence-corrected chi connectivity index (χ3v) is 3.45. The molecule has 0 aliphatic carbocycles. The van der Waals surface area contributed by atoms with Crippen molar-refractivity contribution in [3.63, 3.8) is 0 Å². The summed E-state index contributed by atoms with van der Waals surface area (Å²) in [6, 6.07) is 13.2. The van der Waals surface area contributed by atoms with Crippen LogP contribution in [0.3, 0.4) is 0 Å². The van der Waals surface area contributed by atoms with Crippen LogP contribution in [0, 0.1) is 0 Å². The van der Waals surface area contributed by atoms with E-state index in [-0.39, 0.29) is 5.91 Å². The molecular weight excluding hydrogens is 276 g/mol. The molecule has 0 atom stereocenters. The van der Waals surface area contributed by atoms with Crippen molar-refractivity contribution in [1.82, 2.24) is 10.2 Å². The number of benzene rings is 2. The molecule has 0 radical (unpaired) electrons. The number of fused-ring (bicyclic) bond motifs is 1. The summed E-state index contributed by atoms with van der Waals surface area (Å²) in [6.07, 6.45) is 3.33. The Hall–Kier alpha value is -2.95. The predicted octanol–water partition coefficient (Wildman–Crippen LogP) is 2.95. The van der Waals surface area contributed by atoms with E-state index in [1.165, 1.54) is 0 Å². The molecular formula is C17H16N4O. The number of anilines is 2. The Bertz CT molecular complexity index is 812. The predicted molar refractivity (Wildman–Crippen MR) is 88.3 cm³/mol. The van der Waals surface area contributed by atoms with Gasteiger partial charge < -0.3 is 10.2 Å². The minimum Gasteiger partial charge on any atom is -0.378 e. The van der Waals surface area contributed by atoms with Crippen molar-refractivity contribution >= 4 is 28.1 Å². The van der Waals surface area contributed by atoms with Crippen LogP contribution in [0.4, 0.5) is 11.4 Å². The number of carbonyl (C=O) groups excluding carboxylic acids is 1. The summed E-state index contributed by atoms with van der Waals surface area (Å²) in [5, 5.41) is 12.4. The smallest absolute Gasteiger partial charge is 0.255 e. The van der Waals surface area contributed by atoms with Gasteiger partial charge in [0.05, 0.1) is 12.4 Å². The molecule has 2 aromatic carbocycles. The molecule has 0 saturated carbocycles. The first-order valence-corrected chi connectivity index (χ1v) is 6.93. The van der Waals surface area contributed by atoms with Gasteiger partial charge in [0, 0.05) is 41.8 Å². The topological polar surface area (TPSA) is 58.1 Å².